The number of carbonyl (C=O) groups is 1. The second-order valence-electron chi connectivity index (χ2n) is 9.74. The van der Waals surface area contributed by atoms with E-state index in [1.54, 1.807) is 24.3 Å². The van der Waals surface area contributed by atoms with E-state index >= 15 is 0 Å². The van der Waals surface area contributed by atoms with Gasteiger partial charge < -0.3 is 5.32 Å². The number of anilines is 1. The number of benzene rings is 3. The Morgan fingerprint density at radius 3 is 2.05 bits per heavy atom. The van der Waals surface area contributed by atoms with Gasteiger partial charge in [-0.25, -0.2) is 4.39 Å². The maximum Gasteiger partial charge on any atom is 0.417 e. The van der Waals surface area contributed by atoms with Crippen LogP contribution in [0.2, 0.25) is 10.0 Å². The molecule has 3 rings (SSSR count). The van der Waals surface area contributed by atoms with Gasteiger partial charge in [0.25, 0.3) is 0 Å². The van der Waals surface area contributed by atoms with Gasteiger partial charge in [-0.15, -0.1) is 0 Å². The Hall–Kier alpha value is -2.40. The van der Waals surface area contributed by atoms with Crippen molar-refractivity contribution < 1.29 is 22.4 Å². The largest absolute Gasteiger partial charge is 0.417 e. The van der Waals surface area contributed by atoms with Gasteiger partial charge in [-0.05, 0) is 69.5 Å². The summed E-state index contributed by atoms with van der Waals surface area (Å²) in [6.45, 7) is 15.0. The van der Waals surface area contributed by atoms with Crippen LogP contribution in [-0.4, -0.2) is 5.78 Å². The molecule has 0 heterocycles. The van der Waals surface area contributed by atoms with Gasteiger partial charge in [0.1, 0.15) is 5.41 Å². The molecule has 0 aliphatic heterocycles. The molecule has 2 atom stereocenters. The second kappa shape index (κ2) is 17.0. The van der Waals surface area contributed by atoms with Crippen molar-refractivity contribution in [2.75, 3.05) is 5.32 Å². The number of nitrogens with one attached hydrogen (secondary N) is 1. The molecule has 1 N–H and O–H groups in total. The van der Waals surface area contributed by atoms with E-state index in [0.717, 1.165) is 48.4 Å². The zero-order chi connectivity index (χ0) is 32.3. The Balaban J connectivity index is 0.000000524. The van der Waals surface area contributed by atoms with Crippen LogP contribution >= 0.6 is 32.4 Å². The van der Waals surface area contributed by atoms with Gasteiger partial charge in [-0.3, -0.25) is 4.79 Å². The molecule has 0 spiro atoms. The van der Waals surface area contributed by atoms with Gasteiger partial charge in [0.05, 0.1) is 10.6 Å². The summed E-state index contributed by atoms with van der Waals surface area (Å²) in [4.78, 5) is 11.7. The molecular weight excluding hydrogens is 604 g/mol. The third-order valence-corrected chi connectivity index (χ3v) is 7.07. The number of rotatable bonds is 9. The van der Waals surface area contributed by atoms with Crippen LogP contribution in [0, 0.1) is 6.92 Å². The molecule has 0 aromatic heterocycles. The van der Waals surface area contributed by atoms with Gasteiger partial charge in [0, 0.05) is 33.1 Å². The highest BCUT2D eigenvalue weighted by atomic mass is 35.5. The number of unbranched alkanes of at least 4 members (excludes halogenated alkanes) is 2. The third-order valence-electron chi connectivity index (χ3n) is 6.10. The van der Waals surface area contributed by atoms with Crippen LogP contribution in [0.3, 0.4) is 0 Å². The number of ketones is 1. The van der Waals surface area contributed by atoms with Crippen LogP contribution < -0.4 is 5.32 Å². The van der Waals surface area contributed by atoms with Crippen LogP contribution in [0.1, 0.15) is 92.1 Å². The standard InChI is InChI=1S/C22H23ClF3NO.C9H11ClFP.C2H6/c1-4-5-6-7-17-12-16(15(3)28)8-10-19(17)14(2)27-18-9-11-21(23)20(13-18)22(24,25)26;1-6-3-4-8(10)7(5-6)9(2,11)12;1-2/h8-13,27H,2,4-7H2,1,3H3;3-5H,12H2,1-2H3;1-2H3. The monoisotopic (exact) mass is 643 g/mol. The average molecular weight is 645 g/mol. The highest BCUT2D eigenvalue weighted by molar-refractivity contribution is 7.18. The fourth-order valence-corrected chi connectivity index (χ4v) is 4.81. The summed E-state index contributed by atoms with van der Waals surface area (Å²) in [5.74, 6) is -0.0330. The van der Waals surface area contributed by atoms with Crippen molar-refractivity contribution in [3.63, 3.8) is 0 Å². The van der Waals surface area contributed by atoms with Gasteiger partial charge in [-0.1, -0.05) is 102 Å². The van der Waals surface area contributed by atoms with Crippen molar-refractivity contribution in [3.8, 4) is 0 Å². The number of carbonyl (C=O) groups excluding carboxylic acids is 1. The van der Waals surface area contributed by atoms with E-state index in [4.69, 9.17) is 23.2 Å². The van der Waals surface area contributed by atoms with Crippen LogP contribution in [0.15, 0.2) is 61.2 Å². The lowest BCUT2D eigenvalue weighted by atomic mass is 9.96. The van der Waals surface area contributed by atoms with Gasteiger partial charge in [0.15, 0.2) is 5.78 Å². The zero-order valence-corrected chi connectivity index (χ0v) is 27.7. The molecule has 3 aromatic carbocycles. The number of halogens is 6. The number of Topliss-reactive ketones (excluding diaryl/α,β-unsaturated/α-hetero) is 1. The van der Waals surface area contributed by atoms with Gasteiger partial charge >= 0.3 is 6.18 Å². The molecule has 3 aromatic rings. The second-order valence-corrected chi connectivity index (χ2v) is 11.6. The predicted octanol–water partition coefficient (Wildman–Crippen LogP) is 12.1. The Morgan fingerprint density at radius 1 is 0.929 bits per heavy atom. The molecule has 2 nitrogen and oxygen atoms in total. The van der Waals surface area contributed by atoms with Crippen molar-refractivity contribution in [1.82, 2.24) is 0 Å². The third kappa shape index (κ3) is 11.7. The molecule has 0 bridgehead atoms. The van der Waals surface area contributed by atoms with Crippen LogP contribution in [0.25, 0.3) is 5.70 Å². The Morgan fingerprint density at radius 2 is 1.52 bits per heavy atom. The molecule has 0 aliphatic carbocycles. The van der Waals surface area contributed by atoms with Crippen LogP contribution in [-0.2, 0) is 18.0 Å². The SMILES string of the molecule is C=C(Nc1ccc(Cl)c(C(F)(F)F)c1)c1ccc(C(C)=O)cc1CCCCC.CC.Cc1ccc(Cl)c(C(C)(F)P)c1. The normalized spacial score (nSPS) is 12.2. The van der Waals surface area contributed by atoms with E-state index in [9.17, 15) is 22.4 Å². The quantitative estimate of drug-likeness (QED) is 0.109. The summed E-state index contributed by atoms with van der Waals surface area (Å²) < 4.78 is 52.7. The maximum absolute atomic E-state index is 13.4. The molecule has 0 amide bonds. The number of hydrogen-bond donors (Lipinski definition) is 1. The summed E-state index contributed by atoms with van der Waals surface area (Å²) >= 11 is 11.5. The summed E-state index contributed by atoms with van der Waals surface area (Å²) in [7, 11) is 2.14. The minimum absolute atomic E-state index is 0.0330. The first-order chi connectivity index (χ1) is 19.5. The minimum atomic E-state index is -4.54. The van der Waals surface area contributed by atoms with E-state index in [2.05, 4.69) is 28.1 Å². The lowest BCUT2D eigenvalue weighted by Gasteiger charge is -2.17. The fourth-order valence-electron chi connectivity index (χ4n) is 3.95. The summed E-state index contributed by atoms with van der Waals surface area (Å²) in [5, 5.41) is 1.62. The zero-order valence-electron chi connectivity index (χ0n) is 25.0. The Kier molecular flexibility index (Phi) is 15.3. The number of aryl methyl sites for hydroxylation is 2. The lowest BCUT2D eigenvalue weighted by molar-refractivity contribution is -0.137. The smallest absolute Gasteiger partial charge is 0.355 e. The summed E-state index contributed by atoms with van der Waals surface area (Å²) in [5.41, 5.74) is 3.69. The fraction of sp³-hybridized carbons (Fsp3) is 0.364. The van der Waals surface area contributed by atoms with E-state index in [0.29, 0.717) is 21.8 Å². The molecular formula is C33H40Cl2F4NOP. The molecule has 0 saturated carbocycles. The Bertz CT molecular complexity index is 1350. The summed E-state index contributed by atoms with van der Waals surface area (Å²) in [6.07, 6.45) is -0.705. The van der Waals surface area contributed by atoms with Crippen molar-refractivity contribution in [3.05, 3.63) is 105 Å². The van der Waals surface area contributed by atoms with E-state index < -0.39 is 17.1 Å². The molecule has 9 heteroatoms. The summed E-state index contributed by atoms with van der Waals surface area (Å²) in [6, 6.07) is 14.3. The van der Waals surface area contributed by atoms with Crippen molar-refractivity contribution in [2.24, 2.45) is 0 Å². The van der Waals surface area contributed by atoms with Gasteiger partial charge in [-0.2, -0.15) is 13.2 Å². The highest BCUT2D eigenvalue weighted by Gasteiger charge is 2.33. The van der Waals surface area contributed by atoms with Crippen LogP contribution in [0.4, 0.5) is 23.2 Å². The van der Waals surface area contributed by atoms with E-state index in [-0.39, 0.29) is 16.5 Å². The first-order valence-electron chi connectivity index (χ1n) is 13.8. The number of alkyl halides is 4. The maximum atomic E-state index is 13.4. The molecule has 0 saturated heterocycles. The average Bonchev–Trinajstić information content (AvgIpc) is 2.91. The molecule has 0 radical (unpaired) electrons. The van der Waals surface area contributed by atoms with Crippen molar-refractivity contribution >= 4 is 49.6 Å². The van der Waals surface area contributed by atoms with E-state index in [1.165, 1.54) is 26.0 Å². The van der Waals surface area contributed by atoms with Crippen molar-refractivity contribution in [2.45, 2.75) is 78.8 Å². The first kappa shape index (κ1) is 37.6. The molecule has 42 heavy (non-hydrogen) atoms. The van der Waals surface area contributed by atoms with Crippen molar-refractivity contribution in [1.29, 1.82) is 0 Å². The van der Waals surface area contributed by atoms with Crippen LogP contribution in [0.5, 0.6) is 0 Å². The lowest BCUT2D eigenvalue weighted by Crippen LogP contribution is -2.08. The number of hydrogen-bond acceptors (Lipinski definition) is 2. The molecule has 0 fully saturated rings. The molecule has 230 valence electrons. The predicted molar refractivity (Wildman–Crippen MR) is 174 cm³/mol. The highest BCUT2D eigenvalue weighted by Crippen LogP contribution is 2.38. The molecule has 2 unspecified atom stereocenters. The Labute approximate surface area is 260 Å². The van der Waals surface area contributed by atoms with E-state index in [1.807, 2.05) is 32.9 Å². The van der Waals surface area contributed by atoms with Gasteiger partial charge in [0.2, 0.25) is 0 Å². The molecule has 0 aliphatic rings. The topological polar surface area (TPSA) is 29.1 Å². The minimum Gasteiger partial charge on any atom is -0.355 e. The first-order valence-corrected chi connectivity index (χ1v) is 15.1.